The Kier molecular flexibility index (Phi) is 2.11. The van der Waals surface area contributed by atoms with Gasteiger partial charge in [0.2, 0.25) is 0 Å². The van der Waals surface area contributed by atoms with E-state index in [4.69, 9.17) is 14.3 Å². The molecular weight excluding hydrogens is 196 g/mol. The Morgan fingerprint density at radius 1 is 1.47 bits per heavy atom. The summed E-state index contributed by atoms with van der Waals surface area (Å²) >= 11 is 0. The van der Waals surface area contributed by atoms with Crippen molar-refractivity contribution >= 4 is 16.9 Å². The van der Waals surface area contributed by atoms with E-state index in [1.165, 1.54) is 13.4 Å². The van der Waals surface area contributed by atoms with Crippen LogP contribution in [-0.4, -0.2) is 18.2 Å². The monoisotopic (exact) mass is 206 g/mol. The third-order valence-corrected chi connectivity index (χ3v) is 2.33. The van der Waals surface area contributed by atoms with E-state index in [1.54, 1.807) is 12.1 Å². The van der Waals surface area contributed by atoms with E-state index in [0.717, 1.165) is 10.9 Å². The van der Waals surface area contributed by atoms with Gasteiger partial charge in [-0.2, -0.15) is 0 Å². The molecule has 1 N–H and O–H groups in total. The van der Waals surface area contributed by atoms with Crippen molar-refractivity contribution in [3.05, 3.63) is 29.5 Å². The molecule has 2 rings (SSSR count). The third kappa shape index (κ3) is 1.34. The highest BCUT2D eigenvalue weighted by Gasteiger charge is 2.18. The van der Waals surface area contributed by atoms with E-state index >= 15 is 0 Å². The molecule has 4 nitrogen and oxygen atoms in total. The van der Waals surface area contributed by atoms with E-state index in [9.17, 15) is 4.79 Å². The van der Waals surface area contributed by atoms with Crippen LogP contribution in [0.2, 0.25) is 0 Å². The van der Waals surface area contributed by atoms with Gasteiger partial charge in [-0.1, -0.05) is 0 Å². The molecule has 0 bridgehead atoms. The van der Waals surface area contributed by atoms with Crippen molar-refractivity contribution in [2.24, 2.45) is 0 Å². The minimum atomic E-state index is -1.05. The maximum absolute atomic E-state index is 11.1. The molecule has 78 valence electrons. The van der Waals surface area contributed by atoms with Gasteiger partial charge in [0, 0.05) is 5.39 Å². The summed E-state index contributed by atoms with van der Waals surface area (Å²) in [6.45, 7) is 1.87. The molecule has 0 saturated heterocycles. The molecule has 15 heavy (non-hydrogen) atoms. The van der Waals surface area contributed by atoms with E-state index in [2.05, 4.69) is 0 Å². The molecule has 0 fully saturated rings. The van der Waals surface area contributed by atoms with Gasteiger partial charge in [-0.25, -0.2) is 4.79 Å². The summed E-state index contributed by atoms with van der Waals surface area (Å²) in [5, 5.41) is 9.86. The lowest BCUT2D eigenvalue weighted by molar-refractivity contribution is 0.0694. The van der Waals surface area contributed by atoms with Gasteiger partial charge in [0.1, 0.15) is 11.3 Å². The smallest absolute Gasteiger partial charge is 0.343 e. The number of rotatable bonds is 2. The molecule has 1 aromatic heterocycles. The standard InChI is InChI=1S/C11H10O4/c1-6-5-15-10-7(6)3-4-8(14-2)9(10)11(12)13/h3-5H,1-2H3,(H,12,13). The summed E-state index contributed by atoms with van der Waals surface area (Å²) in [5.41, 5.74) is 1.35. The van der Waals surface area contributed by atoms with Gasteiger partial charge in [-0.15, -0.1) is 0 Å². The number of ether oxygens (including phenoxy) is 1. The summed E-state index contributed by atoms with van der Waals surface area (Å²) in [5.74, 6) is -0.740. The number of carboxylic acids is 1. The van der Waals surface area contributed by atoms with Crippen LogP contribution >= 0.6 is 0 Å². The molecule has 0 aliphatic carbocycles. The first-order valence-corrected chi connectivity index (χ1v) is 4.43. The zero-order valence-corrected chi connectivity index (χ0v) is 8.40. The van der Waals surface area contributed by atoms with Crippen LogP contribution in [0.5, 0.6) is 5.75 Å². The number of methoxy groups -OCH3 is 1. The molecule has 0 unspecified atom stereocenters. The number of aryl methyl sites for hydroxylation is 1. The molecule has 4 heteroatoms. The zero-order chi connectivity index (χ0) is 11.0. The van der Waals surface area contributed by atoms with Crippen LogP contribution in [0, 0.1) is 6.92 Å². The lowest BCUT2D eigenvalue weighted by Crippen LogP contribution is -2.00. The molecule has 0 saturated carbocycles. The number of benzene rings is 1. The fraction of sp³-hybridized carbons (Fsp3) is 0.182. The normalized spacial score (nSPS) is 10.5. The molecule has 0 amide bonds. The van der Waals surface area contributed by atoms with Crippen LogP contribution in [0.1, 0.15) is 15.9 Å². The lowest BCUT2D eigenvalue weighted by atomic mass is 10.1. The van der Waals surface area contributed by atoms with Gasteiger partial charge in [0.15, 0.2) is 5.58 Å². The Balaban J connectivity index is 2.85. The average molecular weight is 206 g/mol. The number of furan rings is 1. The van der Waals surface area contributed by atoms with Crippen molar-refractivity contribution in [3.63, 3.8) is 0 Å². The van der Waals surface area contributed by atoms with Gasteiger partial charge in [-0.05, 0) is 24.6 Å². The molecule has 0 radical (unpaired) electrons. The highest BCUT2D eigenvalue weighted by atomic mass is 16.5. The first kappa shape index (κ1) is 9.58. The molecule has 1 aromatic carbocycles. The second-order valence-electron chi connectivity index (χ2n) is 3.24. The Bertz CT molecular complexity index is 525. The van der Waals surface area contributed by atoms with Crippen molar-refractivity contribution in [3.8, 4) is 5.75 Å². The predicted molar refractivity (Wildman–Crippen MR) is 54.5 cm³/mol. The predicted octanol–water partition coefficient (Wildman–Crippen LogP) is 2.45. The maximum Gasteiger partial charge on any atom is 0.343 e. The van der Waals surface area contributed by atoms with Crippen molar-refractivity contribution in [2.45, 2.75) is 6.92 Å². The second kappa shape index (κ2) is 3.31. The highest BCUT2D eigenvalue weighted by Crippen LogP contribution is 2.30. The molecule has 0 aliphatic heterocycles. The lowest BCUT2D eigenvalue weighted by Gasteiger charge is -2.04. The number of carboxylic acid groups (broad SMARTS) is 1. The summed E-state index contributed by atoms with van der Waals surface area (Å²) in [6, 6.07) is 3.42. The minimum Gasteiger partial charge on any atom is -0.496 e. The van der Waals surface area contributed by atoms with Crippen molar-refractivity contribution in [2.75, 3.05) is 7.11 Å². The van der Waals surface area contributed by atoms with Gasteiger partial charge in [0.05, 0.1) is 13.4 Å². The van der Waals surface area contributed by atoms with Crippen molar-refractivity contribution < 1.29 is 19.1 Å². The number of carbonyl (C=O) groups is 1. The van der Waals surface area contributed by atoms with Crippen LogP contribution in [0.3, 0.4) is 0 Å². The Morgan fingerprint density at radius 2 is 2.20 bits per heavy atom. The first-order valence-electron chi connectivity index (χ1n) is 4.43. The molecular formula is C11H10O4. The van der Waals surface area contributed by atoms with Gasteiger partial charge < -0.3 is 14.3 Å². The Hall–Kier alpha value is -1.97. The molecule has 0 spiro atoms. The van der Waals surface area contributed by atoms with E-state index in [-0.39, 0.29) is 5.56 Å². The number of hydrogen-bond donors (Lipinski definition) is 1. The Labute approximate surface area is 86.1 Å². The number of hydrogen-bond acceptors (Lipinski definition) is 3. The topological polar surface area (TPSA) is 59.7 Å². The van der Waals surface area contributed by atoms with Crippen LogP contribution in [0.4, 0.5) is 0 Å². The van der Waals surface area contributed by atoms with Gasteiger partial charge in [-0.3, -0.25) is 0 Å². The van der Waals surface area contributed by atoms with Crippen molar-refractivity contribution in [1.82, 2.24) is 0 Å². The van der Waals surface area contributed by atoms with Crippen LogP contribution < -0.4 is 4.74 Å². The van der Waals surface area contributed by atoms with Gasteiger partial charge in [0.25, 0.3) is 0 Å². The fourth-order valence-electron chi connectivity index (χ4n) is 1.58. The molecule has 0 atom stereocenters. The largest absolute Gasteiger partial charge is 0.496 e. The fourth-order valence-corrected chi connectivity index (χ4v) is 1.58. The first-order chi connectivity index (χ1) is 7.15. The van der Waals surface area contributed by atoms with E-state index in [0.29, 0.717) is 11.3 Å². The SMILES string of the molecule is COc1ccc2c(C)coc2c1C(=O)O. The van der Waals surface area contributed by atoms with Crippen LogP contribution in [0.15, 0.2) is 22.8 Å². The quantitative estimate of drug-likeness (QED) is 0.819. The molecule has 2 aromatic rings. The highest BCUT2D eigenvalue weighted by molar-refractivity contribution is 6.04. The maximum atomic E-state index is 11.1. The van der Waals surface area contributed by atoms with Crippen LogP contribution in [-0.2, 0) is 0 Å². The van der Waals surface area contributed by atoms with E-state index < -0.39 is 5.97 Å². The average Bonchev–Trinajstić information content (AvgIpc) is 2.58. The number of aromatic carboxylic acids is 1. The molecule has 0 aliphatic rings. The summed E-state index contributed by atoms with van der Waals surface area (Å²) in [7, 11) is 1.43. The summed E-state index contributed by atoms with van der Waals surface area (Å²) in [4.78, 5) is 11.1. The third-order valence-electron chi connectivity index (χ3n) is 2.33. The van der Waals surface area contributed by atoms with E-state index in [1.807, 2.05) is 6.92 Å². The Morgan fingerprint density at radius 3 is 2.80 bits per heavy atom. The van der Waals surface area contributed by atoms with Crippen molar-refractivity contribution in [1.29, 1.82) is 0 Å². The summed E-state index contributed by atoms with van der Waals surface area (Å²) < 4.78 is 10.2. The van der Waals surface area contributed by atoms with Gasteiger partial charge >= 0.3 is 5.97 Å². The molecule has 1 heterocycles. The second-order valence-corrected chi connectivity index (χ2v) is 3.24. The van der Waals surface area contributed by atoms with Crippen LogP contribution in [0.25, 0.3) is 11.0 Å². The zero-order valence-electron chi connectivity index (χ0n) is 8.40. The number of fused-ring (bicyclic) bond motifs is 1. The minimum absolute atomic E-state index is 0.0723. The summed E-state index contributed by atoms with van der Waals surface area (Å²) in [6.07, 6.45) is 1.54.